The fraction of sp³-hybridized carbons (Fsp3) is 0.500. The number of nitrogens with two attached hydrogens (primary N) is 2. The summed E-state index contributed by atoms with van der Waals surface area (Å²) in [5.74, 6) is 4.46. The highest BCUT2D eigenvalue weighted by Gasteiger charge is 2.29. The average Bonchev–Trinajstić information content (AvgIpc) is 2.05. The van der Waals surface area contributed by atoms with Crippen molar-refractivity contribution in [3.05, 3.63) is 0 Å². The first-order valence-corrected chi connectivity index (χ1v) is 2.62. The molecule has 12 heavy (non-hydrogen) atoms. The number of hydrogen-bond donors (Lipinski definition) is 6. The fourth-order valence-electron chi connectivity index (χ4n) is 0.270. The molecule has 0 unspecified atom stereocenters. The van der Waals surface area contributed by atoms with E-state index in [-0.39, 0.29) is 0 Å². The van der Waals surface area contributed by atoms with Crippen LogP contribution in [-0.2, 0) is 9.59 Å². The van der Waals surface area contributed by atoms with E-state index in [1.54, 1.807) is 0 Å². The molecule has 0 aromatic carbocycles. The molecule has 0 aliphatic carbocycles. The Bertz CT molecular complexity index is 142. The molecule has 0 aromatic rings. The van der Waals surface area contributed by atoms with Crippen LogP contribution in [0, 0.1) is 0 Å². The predicted octanol–water partition coefficient (Wildman–Crippen LogP) is -3.30. The van der Waals surface area contributed by atoms with Gasteiger partial charge in [0.1, 0.15) is 0 Å². The van der Waals surface area contributed by atoms with Gasteiger partial charge in [-0.1, -0.05) is 0 Å². The number of hydrazine groups is 1. The first-order valence-electron chi connectivity index (χ1n) is 2.62. The van der Waals surface area contributed by atoms with Gasteiger partial charge in [-0.15, -0.1) is 0 Å². The van der Waals surface area contributed by atoms with Crippen LogP contribution in [0.25, 0.3) is 0 Å². The molecule has 0 heterocycles. The maximum atomic E-state index is 9.77. The van der Waals surface area contributed by atoms with E-state index in [2.05, 4.69) is 11.7 Å². The average molecular weight is 182 g/mol. The van der Waals surface area contributed by atoms with Crippen molar-refractivity contribution in [1.29, 1.82) is 0 Å². The molecule has 72 valence electrons. The molecule has 0 aromatic heterocycles. The lowest BCUT2D eigenvalue weighted by Crippen LogP contribution is -2.39. The molecular weight excluding hydrogens is 172 g/mol. The summed E-state index contributed by atoms with van der Waals surface area (Å²) in [6.07, 6.45) is -4.53. The minimum absolute atomic E-state index is 1.77. The summed E-state index contributed by atoms with van der Waals surface area (Å²) < 4.78 is 0. The maximum Gasteiger partial charge on any atom is 0.335 e. The zero-order valence-corrected chi connectivity index (χ0v) is 5.91. The number of carboxylic acids is 2. The van der Waals surface area contributed by atoms with Crippen molar-refractivity contribution >= 4 is 11.9 Å². The van der Waals surface area contributed by atoms with Crippen molar-refractivity contribution in [1.82, 2.24) is 0 Å². The SMILES string of the molecule is NN.O=C(O)[C@H](O)[C@@H](O)C(=O)O. The minimum atomic E-state index is -2.27. The number of carbonyl (C=O) groups is 2. The number of aliphatic hydroxyl groups is 2. The van der Waals surface area contributed by atoms with Crippen molar-refractivity contribution in [2.24, 2.45) is 11.7 Å². The standard InChI is InChI=1S/C4H6O6.H4N2/c5-1(3(7)8)2(6)4(9)10;1-2/h1-2,5-6H,(H,7,8)(H,9,10);1-2H2/t1-,2-;/m1./s1. The van der Waals surface area contributed by atoms with Crippen molar-refractivity contribution in [3.8, 4) is 0 Å². The minimum Gasteiger partial charge on any atom is -0.479 e. The molecule has 0 fully saturated rings. The van der Waals surface area contributed by atoms with E-state index in [9.17, 15) is 9.59 Å². The summed E-state index contributed by atoms with van der Waals surface area (Å²) >= 11 is 0. The van der Waals surface area contributed by atoms with Crippen LogP contribution < -0.4 is 11.7 Å². The monoisotopic (exact) mass is 182 g/mol. The van der Waals surface area contributed by atoms with Gasteiger partial charge in [-0.25, -0.2) is 9.59 Å². The van der Waals surface area contributed by atoms with Crippen LogP contribution in [0.3, 0.4) is 0 Å². The highest BCUT2D eigenvalue weighted by Crippen LogP contribution is 1.92. The highest BCUT2D eigenvalue weighted by molar-refractivity contribution is 5.82. The third-order valence-electron chi connectivity index (χ3n) is 0.805. The van der Waals surface area contributed by atoms with Crippen molar-refractivity contribution in [2.75, 3.05) is 0 Å². The van der Waals surface area contributed by atoms with Gasteiger partial charge < -0.3 is 20.4 Å². The van der Waals surface area contributed by atoms with Crippen molar-refractivity contribution < 1.29 is 30.0 Å². The van der Waals surface area contributed by atoms with E-state index in [1.807, 2.05) is 0 Å². The summed E-state index contributed by atoms with van der Waals surface area (Å²) in [5.41, 5.74) is 0. The lowest BCUT2D eigenvalue weighted by molar-refractivity contribution is -0.165. The number of aliphatic carboxylic acids is 2. The summed E-state index contributed by atoms with van der Waals surface area (Å²) in [5, 5.41) is 32.5. The summed E-state index contributed by atoms with van der Waals surface area (Å²) in [4.78, 5) is 19.5. The van der Waals surface area contributed by atoms with Crippen LogP contribution in [0.15, 0.2) is 0 Å². The Balaban J connectivity index is 0. The number of aliphatic hydroxyl groups excluding tert-OH is 2. The second-order valence-corrected chi connectivity index (χ2v) is 1.57. The molecule has 8 N–H and O–H groups in total. The Morgan fingerprint density at radius 1 is 0.917 bits per heavy atom. The van der Waals surface area contributed by atoms with E-state index in [1.165, 1.54) is 0 Å². The largest absolute Gasteiger partial charge is 0.479 e. The molecular formula is C4H10N2O6. The van der Waals surface area contributed by atoms with E-state index < -0.39 is 24.1 Å². The van der Waals surface area contributed by atoms with Crippen molar-refractivity contribution in [3.63, 3.8) is 0 Å². The molecule has 0 aliphatic rings. The Kier molecular flexibility index (Phi) is 7.23. The first-order chi connectivity index (χ1) is 5.46. The van der Waals surface area contributed by atoms with Gasteiger partial charge in [0.2, 0.25) is 0 Å². The van der Waals surface area contributed by atoms with E-state index in [4.69, 9.17) is 20.4 Å². The predicted molar refractivity (Wildman–Crippen MR) is 35.7 cm³/mol. The van der Waals surface area contributed by atoms with Crippen LogP contribution in [0.1, 0.15) is 0 Å². The third kappa shape index (κ3) is 4.57. The molecule has 0 saturated heterocycles. The van der Waals surface area contributed by atoms with Crippen LogP contribution >= 0.6 is 0 Å². The molecule has 0 amide bonds. The molecule has 8 heteroatoms. The fourth-order valence-corrected chi connectivity index (χ4v) is 0.270. The van der Waals surface area contributed by atoms with E-state index >= 15 is 0 Å². The van der Waals surface area contributed by atoms with Gasteiger partial charge in [0.05, 0.1) is 0 Å². The second-order valence-electron chi connectivity index (χ2n) is 1.57. The van der Waals surface area contributed by atoms with Crippen LogP contribution in [0.4, 0.5) is 0 Å². The molecule has 0 bridgehead atoms. The van der Waals surface area contributed by atoms with Gasteiger partial charge in [0.25, 0.3) is 0 Å². The quantitative estimate of drug-likeness (QED) is 0.195. The lowest BCUT2D eigenvalue weighted by atomic mass is 10.2. The lowest BCUT2D eigenvalue weighted by Gasteiger charge is -2.07. The Morgan fingerprint density at radius 2 is 1.08 bits per heavy atom. The highest BCUT2D eigenvalue weighted by atomic mass is 16.4. The molecule has 0 radical (unpaired) electrons. The molecule has 2 atom stereocenters. The summed E-state index contributed by atoms with van der Waals surface area (Å²) in [7, 11) is 0. The normalized spacial score (nSPS) is 13.7. The first kappa shape index (κ1) is 13.4. The topological polar surface area (TPSA) is 167 Å². The number of rotatable bonds is 3. The Hall–Kier alpha value is -1.22. The van der Waals surface area contributed by atoms with E-state index in [0.29, 0.717) is 0 Å². The zero-order chi connectivity index (χ0) is 10.3. The van der Waals surface area contributed by atoms with Gasteiger partial charge in [-0.05, 0) is 0 Å². The maximum absolute atomic E-state index is 9.77. The van der Waals surface area contributed by atoms with Gasteiger partial charge in [0, 0.05) is 0 Å². The number of carboxylic acid groups (broad SMARTS) is 2. The summed E-state index contributed by atoms with van der Waals surface area (Å²) in [6, 6.07) is 0. The molecule has 8 nitrogen and oxygen atoms in total. The molecule has 0 spiro atoms. The van der Waals surface area contributed by atoms with Gasteiger partial charge in [-0.2, -0.15) is 0 Å². The van der Waals surface area contributed by atoms with Gasteiger partial charge in [-0.3, -0.25) is 11.7 Å². The van der Waals surface area contributed by atoms with Gasteiger partial charge >= 0.3 is 11.9 Å². The molecule has 0 rings (SSSR count). The molecule has 0 saturated carbocycles. The zero-order valence-electron chi connectivity index (χ0n) is 5.91. The number of hydrogen-bond acceptors (Lipinski definition) is 6. The Labute approximate surface area is 67.0 Å². The van der Waals surface area contributed by atoms with Crippen molar-refractivity contribution in [2.45, 2.75) is 12.2 Å². The second kappa shape index (κ2) is 6.49. The van der Waals surface area contributed by atoms with E-state index in [0.717, 1.165) is 0 Å². The van der Waals surface area contributed by atoms with Crippen LogP contribution in [0.2, 0.25) is 0 Å². The van der Waals surface area contributed by atoms with Crippen LogP contribution in [-0.4, -0.2) is 44.6 Å². The smallest absolute Gasteiger partial charge is 0.335 e. The van der Waals surface area contributed by atoms with Crippen LogP contribution in [0.5, 0.6) is 0 Å². The summed E-state index contributed by atoms with van der Waals surface area (Å²) in [6.45, 7) is 0. The molecule has 0 aliphatic heterocycles. The van der Waals surface area contributed by atoms with Gasteiger partial charge in [0.15, 0.2) is 12.2 Å². The third-order valence-corrected chi connectivity index (χ3v) is 0.805. The Morgan fingerprint density at radius 3 is 1.17 bits per heavy atom.